The third-order valence-corrected chi connectivity index (χ3v) is 7.13. The number of pyridine rings is 1. The van der Waals surface area contributed by atoms with Gasteiger partial charge >= 0.3 is 0 Å². The zero-order chi connectivity index (χ0) is 19.0. The maximum Gasteiger partial charge on any atom is 0.270 e. The van der Waals surface area contributed by atoms with Crippen LogP contribution in [0.2, 0.25) is 0 Å². The molecule has 2 N–H and O–H groups in total. The minimum Gasteiger partial charge on any atom is -0.388 e. The molecule has 3 heterocycles. The van der Waals surface area contributed by atoms with Crippen LogP contribution in [0.1, 0.15) is 64.6 Å². The summed E-state index contributed by atoms with van der Waals surface area (Å²) in [6.07, 6.45) is 5.92. The van der Waals surface area contributed by atoms with Crippen LogP contribution < -0.4 is 5.32 Å². The predicted molar refractivity (Wildman–Crippen MR) is 107 cm³/mol. The number of carbonyl (C=O) groups is 1. The molecule has 0 aromatic carbocycles. The average Bonchev–Trinajstić information content (AvgIpc) is 3.37. The van der Waals surface area contributed by atoms with Crippen molar-refractivity contribution in [2.75, 3.05) is 6.54 Å². The van der Waals surface area contributed by atoms with E-state index in [1.807, 2.05) is 41.8 Å². The highest BCUT2D eigenvalue weighted by Crippen LogP contribution is 2.44. The summed E-state index contributed by atoms with van der Waals surface area (Å²) in [5.41, 5.74) is 2.11. The molecule has 27 heavy (non-hydrogen) atoms. The van der Waals surface area contributed by atoms with Gasteiger partial charge in [-0.2, -0.15) is 0 Å². The third-order valence-electron chi connectivity index (χ3n) is 5.63. The number of hydrogen-bond donors (Lipinski definition) is 2. The summed E-state index contributed by atoms with van der Waals surface area (Å²) in [4.78, 5) is 19.7. The molecule has 3 aromatic rings. The normalized spacial score (nSPS) is 17.3. The van der Waals surface area contributed by atoms with Crippen molar-refractivity contribution in [1.82, 2.24) is 14.7 Å². The Hall–Kier alpha value is -2.18. The molecule has 1 aliphatic rings. The summed E-state index contributed by atoms with van der Waals surface area (Å²) in [7, 11) is 0. The summed E-state index contributed by atoms with van der Waals surface area (Å²) < 4.78 is 1.85. The van der Waals surface area contributed by atoms with Crippen molar-refractivity contribution in [3.63, 3.8) is 0 Å². The number of fused-ring (bicyclic) bond motifs is 1. The Morgan fingerprint density at radius 2 is 2.11 bits per heavy atom. The zero-order valence-electron chi connectivity index (χ0n) is 15.7. The quantitative estimate of drug-likeness (QED) is 0.700. The molecule has 1 amide bonds. The van der Waals surface area contributed by atoms with Crippen LogP contribution in [-0.2, 0) is 5.41 Å². The highest BCUT2D eigenvalue weighted by molar-refractivity contribution is 7.12. The fourth-order valence-electron chi connectivity index (χ4n) is 4.14. The van der Waals surface area contributed by atoms with E-state index >= 15 is 0 Å². The van der Waals surface area contributed by atoms with Gasteiger partial charge in [0, 0.05) is 27.9 Å². The van der Waals surface area contributed by atoms with Gasteiger partial charge in [-0.05, 0) is 51.0 Å². The molecule has 0 aliphatic heterocycles. The molecule has 5 nitrogen and oxygen atoms in total. The fourth-order valence-corrected chi connectivity index (χ4v) is 5.33. The van der Waals surface area contributed by atoms with Crippen LogP contribution >= 0.6 is 11.3 Å². The molecule has 1 saturated carbocycles. The van der Waals surface area contributed by atoms with Gasteiger partial charge in [-0.3, -0.25) is 9.20 Å². The van der Waals surface area contributed by atoms with Crippen molar-refractivity contribution in [2.45, 2.75) is 51.0 Å². The van der Waals surface area contributed by atoms with Crippen LogP contribution in [-0.4, -0.2) is 26.9 Å². The van der Waals surface area contributed by atoms with Gasteiger partial charge in [0.05, 0.1) is 11.8 Å². The molecule has 1 atom stereocenters. The van der Waals surface area contributed by atoms with Crippen molar-refractivity contribution in [3.8, 4) is 0 Å². The molecule has 0 spiro atoms. The lowest BCUT2D eigenvalue weighted by atomic mass is 9.84. The Bertz CT molecular complexity index is 967. The van der Waals surface area contributed by atoms with E-state index in [9.17, 15) is 9.90 Å². The monoisotopic (exact) mass is 383 g/mol. The number of nitrogens with zero attached hydrogens (tertiary/aromatic N) is 2. The Labute approximate surface area is 163 Å². The van der Waals surface area contributed by atoms with Crippen molar-refractivity contribution in [3.05, 3.63) is 57.7 Å². The maximum absolute atomic E-state index is 13.0. The molecule has 142 valence electrons. The number of rotatable bonds is 5. The fraction of sp³-hybridized carbons (Fsp3) is 0.429. The number of thiophene rings is 1. The standard InChI is InChI=1S/C21H25N3O2S/c1-14-19(24-12-6-3-7-18(24)23-14)20(26)22-13-21(10-4-5-11-21)17-9-8-16(27-17)15(2)25/h3,6-9,12,15,25H,4-5,10-11,13H2,1-2H3,(H,22,26). The van der Waals surface area contributed by atoms with E-state index in [1.54, 1.807) is 18.3 Å². The number of aliphatic hydroxyl groups excluding tert-OH is 1. The molecule has 1 fully saturated rings. The molecule has 1 unspecified atom stereocenters. The van der Waals surface area contributed by atoms with Crippen LogP contribution in [0.15, 0.2) is 36.5 Å². The van der Waals surface area contributed by atoms with Crippen LogP contribution in [0, 0.1) is 6.92 Å². The molecular formula is C21H25N3O2S. The van der Waals surface area contributed by atoms with Crippen LogP contribution in [0.25, 0.3) is 5.65 Å². The lowest BCUT2D eigenvalue weighted by Gasteiger charge is -2.28. The number of aryl methyl sites for hydroxylation is 1. The van der Waals surface area contributed by atoms with Gasteiger partial charge in [0.15, 0.2) is 0 Å². The second-order valence-corrected chi connectivity index (χ2v) is 8.64. The Morgan fingerprint density at radius 1 is 1.33 bits per heavy atom. The van der Waals surface area contributed by atoms with Gasteiger partial charge in [-0.15, -0.1) is 11.3 Å². The molecule has 0 bridgehead atoms. The topological polar surface area (TPSA) is 66.6 Å². The van der Waals surface area contributed by atoms with Gasteiger partial charge in [0.2, 0.25) is 0 Å². The minimum absolute atomic E-state index is 0.0259. The van der Waals surface area contributed by atoms with Crippen molar-refractivity contribution in [2.24, 2.45) is 0 Å². The minimum atomic E-state index is -0.447. The number of amides is 1. The van der Waals surface area contributed by atoms with Gasteiger partial charge in [0.1, 0.15) is 11.3 Å². The maximum atomic E-state index is 13.0. The van der Waals surface area contributed by atoms with E-state index < -0.39 is 6.10 Å². The third kappa shape index (κ3) is 3.28. The summed E-state index contributed by atoms with van der Waals surface area (Å²) in [5, 5.41) is 13.1. The molecule has 1 aliphatic carbocycles. The van der Waals surface area contributed by atoms with Crippen LogP contribution in [0.3, 0.4) is 0 Å². The largest absolute Gasteiger partial charge is 0.388 e. The van der Waals surface area contributed by atoms with Gasteiger partial charge in [0.25, 0.3) is 5.91 Å². The SMILES string of the molecule is Cc1nc2ccccn2c1C(=O)NCC1(c2ccc(C(C)O)s2)CCCC1. The smallest absolute Gasteiger partial charge is 0.270 e. The van der Waals surface area contributed by atoms with E-state index in [1.165, 1.54) is 17.7 Å². The molecular weight excluding hydrogens is 358 g/mol. The van der Waals surface area contributed by atoms with E-state index in [4.69, 9.17) is 0 Å². The average molecular weight is 384 g/mol. The van der Waals surface area contributed by atoms with Gasteiger partial charge in [-0.1, -0.05) is 18.9 Å². The van der Waals surface area contributed by atoms with Crippen LogP contribution in [0.4, 0.5) is 0 Å². The number of carbonyl (C=O) groups excluding carboxylic acids is 1. The highest BCUT2D eigenvalue weighted by Gasteiger charge is 2.37. The predicted octanol–water partition coefficient (Wildman–Crippen LogP) is 4.00. The van der Waals surface area contributed by atoms with Crippen molar-refractivity contribution in [1.29, 1.82) is 0 Å². The highest BCUT2D eigenvalue weighted by atomic mass is 32.1. The molecule has 0 radical (unpaired) electrons. The first-order valence-corrected chi connectivity index (χ1v) is 10.3. The zero-order valence-corrected chi connectivity index (χ0v) is 16.6. The number of nitrogens with one attached hydrogen (secondary N) is 1. The second kappa shape index (κ2) is 7.09. The van der Waals surface area contributed by atoms with Crippen molar-refractivity contribution >= 4 is 22.9 Å². The lowest BCUT2D eigenvalue weighted by molar-refractivity contribution is 0.0937. The number of aliphatic hydroxyl groups is 1. The molecule has 6 heteroatoms. The Kier molecular flexibility index (Phi) is 4.78. The number of aromatic nitrogens is 2. The van der Waals surface area contributed by atoms with E-state index in [0.29, 0.717) is 12.2 Å². The second-order valence-electron chi connectivity index (χ2n) is 7.52. The summed E-state index contributed by atoms with van der Waals surface area (Å²) >= 11 is 1.67. The first kappa shape index (κ1) is 18.2. The molecule has 4 rings (SSSR count). The number of imidazole rings is 1. The lowest BCUT2D eigenvalue weighted by Crippen LogP contribution is -2.39. The molecule has 0 saturated heterocycles. The number of hydrogen-bond acceptors (Lipinski definition) is 4. The first-order valence-electron chi connectivity index (χ1n) is 9.50. The van der Waals surface area contributed by atoms with E-state index in [-0.39, 0.29) is 11.3 Å². The summed E-state index contributed by atoms with van der Waals surface area (Å²) in [5.74, 6) is -0.0789. The Balaban J connectivity index is 1.58. The van der Waals surface area contributed by atoms with Crippen molar-refractivity contribution < 1.29 is 9.90 Å². The summed E-state index contributed by atoms with van der Waals surface area (Å²) in [6.45, 7) is 4.29. The van der Waals surface area contributed by atoms with Gasteiger partial charge < -0.3 is 10.4 Å². The summed E-state index contributed by atoms with van der Waals surface area (Å²) in [6, 6.07) is 9.89. The first-order chi connectivity index (χ1) is 13.0. The van der Waals surface area contributed by atoms with Crippen LogP contribution in [0.5, 0.6) is 0 Å². The molecule has 3 aromatic heterocycles. The Morgan fingerprint density at radius 3 is 2.81 bits per heavy atom. The van der Waals surface area contributed by atoms with E-state index in [2.05, 4.69) is 16.4 Å². The van der Waals surface area contributed by atoms with E-state index in [0.717, 1.165) is 29.1 Å². The van der Waals surface area contributed by atoms with Gasteiger partial charge in [-0.25, -0.2) is 4.98 Å².